The van der Waals surface area contributed by atoms with Crippen LogP contribution in [0.25, 0.3) is 0 Å². The maximum Gasteiger partial charge on any atom is 0.207 e. The Morgan fingerprint density at radius 2 is 2.67 bits per heavy atom. The van der Waals surface area contributed by atoms with E-state index in [1.807, 2.05) is 0 Å². The molecule has 0 aliphatic rings. The Labute approximate surface area is 51.1 Å². The van der Waals surface area contributed by atoms with Crippen LogP contribution >= 0.6 is 0 Å². The molecule has 1 rings (SSSR count). The molecule has 0 amide bonds. The van der Waals surface area contributed by atoms with Crippen LogP contribution in [0, 0.1) is 11.5 Å². The van der Waals surface area contributed by atoms with Crippen molar-refractivity contribution in [2.75, 3.05) is 0 Å². The van der Waals surface area contributed by atoms with E-state index < -0.39 is 0 Å². The third-order valence-electron chi connectivity index (χ3n) is 0.706. The van der Waals surface area contributed by atoms with Gasteiger partial charge in [0.25, 0.3) is 0 Å². The van der Waals surface area contributed by atoms with Crippen LogP contribution in [0.3, 0.4) is 0 Å². The molecule has 0 aromatic carbocycles. The van der Waals surface area contributed by atoms with Gasteiger partial charge in [-0.1, -0.05) is 0 Å². The van der Waals surface area contributed by atoms with Crippen LogP contribution in [-0.2, 0) is 0 Å². The molecule has 0 bridgehead atoms. The molecule has 0 atom stereocenters. The van der Waals surface area contributed by atoms with Crippen molar-refractivity contribution in [2.24, 2.45) is 4.99 Å². The van der Waals surface area contributed by atoms with Crippen molar-refractivity contribution in [2.45, 2.75) is 0 Å². The van der Waals surface area contributed by atoms with Crippen LogP contribution in [0.4, 0.5) is 0 Å². The smallest absolute Gasteiger partial charge is 0.207 e. The standard InChI is InChI=1S/C5H3N3O/c6-3-7-5-1-2-9-4-8-5/h1-2,4H/b7-5-. The average molecular weight is 121 g/mol. The van der Waals surface area contributed by atoms with Crippen molar-refractivity contribution >= 4 is 0 Å². The van der Waals surface area contributed by atoms with E-state index >= 15 is 0 Å². The zero-order valence-corrected chi connectivity index (χ0v) is 4.48. The van der Waals surface area contributed by atoms with Crippen LogP contribution < -0.4 is 5.49 Å². The van der Waals surface area contributed by atoms with E-state index in [0.29, 0.717) is 5.49 Å². The number of aromatic nitrogens is 1. The van der Waals surface area contributed by atoms with Crippen LogP contribution in [-0.4, -0.2) is 4.98 Å². The fourth-order valence-corrected chi connectivity index (χ4v) is 0.380. The maximum atomic E-state index is 8.03. The van der Waals surface area contributed by atoms with Gasteiger partial charge in [-0.25, -0.2) is 0 Å². The molecule has 9 heavy (non-hydrogen) atoms. The van der Waals surface area contributed by atoms with Gasteiger partial charge in [-0.05, 0) is 0 Å². The van der Waals surface area contributed by atoms with Crippen LogP contribution in [0.1, 0.15) is 0 Å². The van der Waals surface area contributed by atoms with Gasteiger partial charge < -0.3 is 4.42 Å². The molecule has 44 valence electrons. The second-order valence-corrected chi connectivity index (χ2v) is 1.24. The molecule has 4 nitrogen and oxygen atoms in total. The molecular formula is C5H3N3O. The summed E-state index contributed by atoms with van der Waals surface area (Å²) >= 11 is 0. The molecule has 1 heterocycles. The number of hydrogen-bond donors (Lipinski definition) is 0. The molecule has 1 aromatic rings. The van der Waals surface area contributed by atoms with E-state index in [4.69, 9.17) is 5.26 Å². The van der Waals surface area contributed by atoms with E-state index in [1.165, 1.54) is 18.7 Å². The van der Waals surface area contributed by atoms with E-state index in [9.17, 15) is 0 Å². The van der Waals surface area contributed by atoms with E-state index in [-0.39, 0.29) is 0 Å². The highest BCUT2D eigenvalue weighted by Gasteiger charge is 1.75. The Balaban J connectivity index is 3.16. The summed E-state index contributed by atoms with van der Waals surface area (Å²) in [6, 6.07) is 1.50. The van der Waals surface area contributed by atoms with Crippen molar-refractivity contribution in [1.82, 2.24) is 4.98 Å². The van der Waals surface area contributed by atoms with Crippen molar-refractivity contribution in [3.05, 3.63) is 24.2 Å². The number of nitriles is 1. The van der Waals surface area contributed by atoms with E-state index in [0.717, 1.165) is 0 Å². The Kier molecular flexibility index (Phi) is 1.60. The molecule has 0 spiro atoms. The van der Waals surface area contributed by atoms with Crippen molar-refractivity contribution < 1.29 is 4.42 Å². The quantitative estimate of drug-likeness (QED) is 0.456. The molecule has 1 aromatic heterocycles. The summed E-state index contributed by atoms with van der Waals surface area (Å²) in [6.45, 7) is 0. The summed E-state index contributed by atoms with van der Waals surface area (Å²) in [5.74, 6) is 0. The summed E-state index contributed by atoms with van der Waals surface area (Å²) in [5, 5.41) is 8.03. The third-order valence-corrected chi connectivity index (χ3v) is 0.706. The molecule has 0 aliphatic heterocycles. The predicted molar refractivity (Wildman–Crippen MR) is 27.7 cm³/mol. The van der Waals surface area contributed by atoms with Crippen LogP contribution in [0.15, 0.2) is 28.1 Å². The van der Waals surface area contributed by atoms with Gasteiger partial charge in [-0.2, -0.15) is 15.2 Å². The Morgan fingerprint density at radius 3 is 3.22 bits per heavy atom. The van der Waals surface area contributed by atoms with Gasteiger partial charge in [0.15, 0.2) is 11.9 Å². The Morgan fingerprint density at radius 1 is 1.78 bits per heavy atom. The highest BCUT2D eigenvalue weighted by molar-refractivity contribution is 4.78. The lowest BCUT2D eigenvalue weighted by molar-refractivity contribution is 0.522. The zero-order chi connectivity index (χ0) is 6.53. The lowest BCUT2D eigenvalue weighted by atomic mass is 10.7. The first kappa shape index (κ1) is 5.51. The first-order valence-electron chi connectivity index (χ1n) is 2.25. The summed E-state index contributed by atoms with van der Waals surface area (Å²) in [5.41, 5.74) is 0.365. The molecular weight excluding hydrogens is 118 g/mol. The minimum absolute atomic E-state index is 0.365. The summed E-state index contributed by atoms with van der Waals surface area (Å²) < 4.78 is 4.58. The van der Waals surface area contributed by atoms with Crippen LogP contribution in [0.2, 0.25) is 0 Å². The number of rotatable bonds is 0. The molecule has 0 saturated heterocycles. The largest absolute Gasteiger partial charge is 0.453 e. The van der Waals surface area contributed by atoms with Gasteiger partial charge in [0, 0.05) is 6.07 Å². The lowest BCUT2D eigenvalue weighted by Gasteiger charge is -1.76. The van der Waals surface area contributed by atoms with Crippen LogP contribution in [0.5, 0.6) is 0 Å². The van der Waals surface area contributed by atoms with Crippen molar-refractivity contribution in [3.8, 4) is 6.19 Å². The fraction of sp³-hybridized carbons (Fsp3) is 0. The van der Waals surface area contributed by atoms with E-state index in [1.54, 1.807) is 6.19 Å². The molecule has 0 N–H and O–H groups in total. The molecule has 0 saturated carbocycles. The van der Waals surface area contributed by atoms with Gasteiger partial charge in [-0.15, -0.1) is 0 Å². The first-order valence-corrected chi connectivity index (χ1v) is 2.25. The summed E-state index contributed by atoms with van der Waals surface area (Å²) in [6.07, 6.45) is 4.23. The second kappa shape index (κ2) is 2.62. The molecule has 4 heteroatoms. The molecule has 0 radical (unpaired) electrons. The van der Waals surface area contributed by atoms with Gasteiger partial charge >= 0.3 is 0 Å². The zero-order valence-electron chi connectivity index (χ0n) is 4.48. The topological polar surface area (TPSA) is 62.2 Å². The van der Waals surface area contributed by atoms with Gasteiger partial charge in [0.2, 0.25) is 6.19 Å². The third kappa shape index (κ3) is 1.39. The average Bonchev–Trinajstić information content (AvgIpc) is 1.91. The minimum atomic E-state index is 0.365. The van der Waals surface area contributed by atoms with Gasteiger partial charge in [-0.3, -0.25) is 0 Å². The number of hydrogen-bond acceptors (Lipinski definition) is 4. The summed E-state index contributed by atoms with van der Waals surface area (Å²) in [7, 11) is 0. The molecule has 0 aliphatic carbocycles. The first-order chi connectivity index (χ1) is 4.43. The second-order valence-electron chi connectivity index (χ2n) is 1.24. The van der Waals surface area contributed by atoms with Crippen molar-refractivity contribution in [3.63, 3.8) is 0 Å². The minimum Gasteiger partial charge on any atom is -0.453 e. The van der Waals surface area contributed by atoms with Gasteiger partial charge in [0.05, 0.1) is 6.26 Å². The van der Waals surface area contributed by atoms with Crippen molar-refractivity contribution in [1.29, 1.82) is 5.26 Å². The molecule has 0 fully saturated rings. The SMILES string of the molecule is N#C/N=c1/ccocn1. The highest BCUT2D eigenvalue weighted by Crippen LogP contribution is 1.69. The van der Waals surface area contributed by atoms with E-state index in [2.05, 4.69) is 14.4 Å². The predicted octanol–water partition coefficient (Wildman–Crippen LogP) is 0.0564. The Hall–Kier alpha value is -1.63. The maximum absolute atomic E-state index is 8.03. The summed E-state index contributed by atoms with van der Waals surface area (Å²) in [4.78, 5) is 6.95. The Bertz CT molecular complexity index is 265. The van der Waals surface area contributed by atoms with Gasteiger partial charge in [0.1, 0.15) is 0 Å². The highest BCUT2D eigenvalue weighted by atomic mass is 16.3. The number of nitrogens with zero attached hydrogens (tertiary/aromatic N) is 3. The molecule has 0 unspecified atom stereocenters. The fourth-order valence-electron chi connectivity index (χ4n) is 0.380. The monoisotopic (exact) mass is 121 g/mol. The lowest BCUT2D eigenvalue weighted by Crippen LogP contribution is -2.02. The normalized spacial score (nSPS) is 10.8.